The summed E-state index contributed by atoms with van der Waals surface area (Å²) in [5.41, 5.74) is 0.0911. The Hall–Kier alpha value is -0.200. The second kappa shape index (κ2) is 6.13. The van der Waals surface area contributed by atoms with Crippen LogP contribution in [0.25, 0.3) is 0 Å². The number of likely N-dealkylation sites (N-methyl/N-ethyl adjacent to an activating group) is 1. The molecule has 0 aromatic heterocycles. The van der Waals surface area contributed by atoms with Crippen molar-refractivity contribution in [3.8, 4) is 0 Å². The van der Waals surface area contributed by atoms with E-state index in [2.05, 4.69) is 47.7 Å². The van der Waals surface area contributed by atoms with E-state index in [9.17, 15) is 0 Å². The lowest BCUT2D eigenvalue weighted by Gasteiger charge is -2.55. The van der Waals surface area contributed by atoms with Crippen molar-refractivity contribution in [1.82, 2.24) is 19.6 Å². The monoisotopic (exact) mass is 296 g/mol. The second-order valence-corrected chi connectivity index (χ2v) is 8.00. The first-order chi connectivity index (χ1) is 9.93. The average Bonchev–Trinajstić information content (AvgIpc) is 2.76. The van der Waals surface area contributed by atoms with Gasteiger partial charge in [-0.15, -0.1) is 0 Å². The Morgan fingerprint density at radius 2 is 1.90 bits per heavy atom. The van der Waals surface area contributed by atoms with E-state index in [0.717, 1.165) is 31.8 Å². The van der Waals surface area contributed by atoms with Gasteiger partial charge in [-0.3, -0.25) is 9.80 Å². The highest BCUT2D eigenvalue weighted by Crippen LogP contribution is 2.30. The van der Waals surface area contributed by atoms with Gasteiger partial charge in [-0.05, 0) is 40.4 Å². The van der Waals surface area contributed by atoms with Gasteiger partial charge in [0.2, 0.25) is 0 Å². The largest absolute Gasteiger partial charge is 0.357 e. The van der Waals surface area contributed by atoms with E-state index in [4.69, 9.17) is 4.74 Å². The molecule has 0 amide bonds. The lowest BCUT2D eigenvalue weighted by molar-refractivity contribution is -0.179. The van der Waals surface area contributed by atoms with Crippen LogP contribution in [-0.4, -0.2) is 105 Å². The zero-order valence-electron chi connectivity index (χ0n) is 14.2. The number of hydrogen-bond acceptors (Lipinski definition) is 5. The van der Waals surface area contributed by atoms with Gasteiger partial charge in [-0.2, -0.15) is 0 Å². The maximum atomic E-state index is 6.24. The van der Waals surface area contributed by atoms with E-state index >= 15 is 0 Å². The third kappa shape index (κ3) is 3.77. The molecule has 3 heterocycles. The minimum atomic E-state index is 0.0911. The first-order valence-corrected chi connectivity index (χ1v) is 8.37. The minimum absolute atomic E-state index is 0.0911. The smallest absolute Gasteiger partial charge is 0.0999 e. The Labute approximate surface area is 129 Å². The highest BCUT2D eigenvalue weighted by Gasteiger charge is 2.45. The third-order valence-corrected chi connectivity index (χ3v) is 5.23. The Morgan fingerprint density at radius 1 is 1.19 bits per heavy atom. The molecular weight excluding hydrogens is 264 g/mol. The molecule has 3 aliphatic rings. The van der Waals surface area contributed by atoms with Crippen molar-refractivity contribution in [3.05, 3.63) is 0 Å². The molecule has 3 aliphatic heterocycles. The molecule has 0 bridgehead atoms. The van der Waals surface area contributed by atoms with Crippen LogP contribution >= 0.6 is 0 Å². The van der Waals surface area contributed by atoms with E-state index in [1.54, 1.807) is 0 Å². The third-order valence-electron chi connectivity index (χ3n) is 5.23. The van der Waals surface area contributed by atoms with E-state index in [1.165, 1.54) is 39.1 Å². The summed E-state index contributed by atoms with van der Waals surface area (Å²) in [5, 5.41) is 0. The quantitative estimate of drug-likeness (QED) is 0.698. The maximum absolute atomic E-state index is 6.24. The Morgan fingerprint density at radius 3 is 2.52 bits per heavy atom. The predicted octanol–water partition coefficient (Wildman–Crippen LogP) is 0.232. The summed E-state index contributed by atoms with van der Waals surface area (Å²) >= 11 is 0. The molecule has 122 valence electrons. The molecule has 5 heteroatoms. The Balaban J connectivity index is 1.33. The van der Waals surface area contributed by atoms with Crippen molar-refractivity contribution in [3.63, 3.8) is 0 Å². The highest BCUT2D eigenvalue weighted by molar-refractivity contribution is 5.00. The summed E-state index contributed by atoms with van der Waals surface area (Å²) < 4.78 is 6.24. The number of hydrogen-bond donors (Lipinski definition) is 0. The molecule has 3 saturated heterocycles. The van der Waals surface area contributed by atoms with Crippen LogP contribution in [0, 0.1) is 5.92 Å². The molecule has 3 fully saturated rings. The number of rotatable bonds is 6. The first kappa shape index (κ1) is 15.7. The van der Waals surface area contributed by atoms with Gasteiger partial charge in [0.25, 0.3) is 0 Å². The molecular formula is C16H32N4O. The van der Waals surface area contributed by atoms with Crippen molar-refractivity contribution in [1.29, 1.82) is 0 Å². The summed E-state index contributed by atoms with van der Waals surface area (Å²) in [5.74, 6) is 0.819. The van der Waals surface area contributed by atoms with Crippen molar-refractivity contribution in [2.24, 2.45) is 5.92 Å². The molecule has 0 spiro atoms. The van der Waals surface area contributed by atoms with E-state index in [-0.39, 0.29) is 5.60 Å². The van der Waals surface area contributed by atoms with Crippen LogP contribution in [-0.2, 0) is 4.74 Å². The SMILES string of the molecule is CN(C)CC1CCN(COC2(C)CN(C3CN(C)C3)C2)C1. The molecule has 0 saturated carbocycles. The zero-order valence-corrected chi connectivity index (χ0v) is 14.2. The van der Waals surface area contributed by atoms with Crippen LogP contribution < -0.4 is 0 Å². The lowest BCUT2D eigenvalue weighted by Crippen LogP contribution is -2.71. The fraction of sp³-hybridized carbons (Fsp3) is 1.00. The van der Waals surface area contributed by atoms with Crippen LogP contribution in [0.5, 0.6) is 0 Å². The fourth-order valence-corrected chi connectivity index (χ4v) is 4.00. The van der Waals surface area contributed by atoms with Gasteiger partial charge in [-0.25, -0.2) is 0 Å². The van der Waals surface area contributed by atoms with E-state index < -0.39 is 0 Å². The first-order valence-electron chi connectivity index (χ1n) is 8.37. The van der Waals surface area contributed by atoms with Gasteiger partial charge < -0.3 is 14.5 Å². The Bertz CT molecular complexity index is 350. The predicted molar refractivity (Wildman–Crippen MR) is 85.4 cm³/mol. The van der Waals surface area contributed by atoms with Crippen molar-refractivity contribution < 1.29 is 4.74 Å². The molecule has 0 N–H and O–H groups in total. The summed E-state index contributed by atoms with van der Waals surface area (Å²) in [6.07, 6.45) is 1.32. The summed E-state index contributed by atoms with van der Waals surface area (Å²) in [6, 6.07) is 0.780. The topological polar surface area (TPSA) is 22.2 Å². The van der Waals surface area contributed by atoms with Gasteiger partial charge in [0.15, 0.2) is 0 Å². The zero-order chi connectivity index (χ0) is 15.0. The van der Waals surface area contributed by atoms with Crippen LogP contribution in [0.15, 0.2) is 0 Å². The van der Waals surface area contributed by atoms with Crippen molar-refractivity contribution in [2.75, 3.05) is 73.7 Å². The van der Waals surface area contributed by atoms with Gasteiger partial charge in [-0.1, -0.05) is 0 Å². The lowest BCUT2D eigenvalue weighted by atomic mass is 9.92. The summed E-state index contributed by atoms with van der Waals surface area (Å²) in [4.78, 5) is 9.75. The van der Waals surface area contributed by atoms with E-state index in [1.807, 2.05) is 0 Å². The summed E-state index contributed by atoms with van der Waals surface area (Å²) in [7, 11) is 6.53. The number of nitrogens with zero attached hydrogens (tertiary/aromatic N) is 4. The van der Waals surface area contributed by atoms with Crippen LogP contribution in [0.1, 0.15) is 13.3 Å². The van der Waals surface area contributed by atoms with Crippen LogP contribution in [0.4, 0.5) is 0 Å². The number of likely N-dealkylation sites (tertiary alicyclic amines) is 3. The molecule has 0 aliphatic carbocycles. The van der Waals surface area contributed by atoms with Crippen LogP contribution in [0.2, 0.25) is 0 Å². The standard InChI is InChI=1S/C16H32N4O/c1-16(11-20(12-16)15-9-18(4)10-15)21-13-19-6-5-14(8-19)7-17(2)3/h14-15H,5-13H2,1-4H3. The normalized spacial score (nSPS) is 31.6. The summed E-state index contributed by atoms with van der Waals surface area (Å²) in [6.45, 7) is 11.4. The van der Waals surface area contributed by atoms with Crippen LogP contribution in [0.3, 0.4) is 0 Å². The van der Waals surface area contributed by atoms with Crippen molar-refractivity contribution in [2.45, 2.75) is 25.0 Å². The molecule has 1 atom stereocenters. The average molecular weight is 296 g/mol. The molecule has 5 nitrogen and oxygen atoms in total. The fourth-order valence-electron chi connectivity index (χ4n) is 4.00. The van der Waals surface area contributed by atoms with Crippen molar-refractivity contribution >= 4 is 0 Å². The molecule has 0 aromatic rings. The maximum Gasteiger partial charge on any atom is 0.0999 e. The molecule has 3 rings (SSSR count). The highest BCUT2D eigenvalue weighted by atomic mass is 16.5. The number of ether oxygens (including phenoxy) is 1. The van der Waals surface area contributed by atoms with E-state index in [0.29, 0.717) is 0 Å². The molecule has 0 aromatic carbocycles. The molecule has 1 unspecified atom stereocenters. The van der Waals surface area contributed by atoms with Gasteiger partial charge in [0.1, 0.15) is 0 Å². The minimum Gasteiger partial charge on any atom is -0.357 e. The molecule has 21 heavy (non-hydrogen) atoms. The Kier molecular flexibility index (Phi) is 4.58. The van der Waals surface area contributed by atoms with Gasteiger partial charge in [0, 0.05) is 51.9 Å². The van der Waals surface area contributed by atoms with Gasteiger partial charge in [0.05, 0.1) is 12.3 Å². The van der Waals surface area contributed by atoms with Gasteiger partial charge >= 0.3 is 0 Å². The molecule has 0 radical (unpaired) electrons. The second-order valence-electron chi connectivity index (χ2n) is 8.00.